The Morgan fingerprint density at radius 2 is 1.75 bits per heavy atom. The van der Waals surface area contributed by atoms with Gasteiger partial charge in [-0.15, -0.1) is 0 Å². The molecule has 0 heterocycles. The van der Waals surface area contributed by atoms with Crippen LogP contribution >= 0.6 is 0 Å². The molecule has 0 fully saturated rings. The van der Waals surface area contributed by atoms with Crippen LogP contribution in [0.15, 0.2) is 42.2 Å². The van der Waals surface area contributed by atoms with E-state index in [4.69, 9.17) is 4.43 Å². The third kappa shape index (κ3) is 3.35. The monoisotopic (exact) mass is 288 g/mol. The number of allylic oxidation sites excluding steroid dienone is 2. The Morgan fingerprint density at radius 1 is 1.10 bits per heavy atom. The predicted octanol–water partition coefficient (Wildman–Crippen LogP) is 5.86. The van der Waals surface area contributed by atoms with E-state index in [9.17, 15) is 0 Å². The van der Waals surface area contributed by atoms with Crippen molar-refractivity contribution in [1.29, 1.82) is 0 Å². The van der Waals surface area contributed by atoms with Crippen LogP contribution in [-0.2, 0) is 4.43 Å². The van der Waals surface area contributed by atoms with Crippen molar-refractivity contribution in [2.24, 2.45) is 0 Å². The van der Waals surface area contributed by atoms with Crippen LogP contribution in [0.4, 0.5) is 0 Å². The average Bonchev–Trinajstić information content (AvgIpc) is 2.38. The molecule has 2 rings (SSSR count). The summed E-state index contributed by atoms with van der Waals surface area (Å²) >= 11 is 0. The molecular formula is C18H28OSi. The minimum atomic E-state index is -1.74. The van der Waals surface area contributed by atoms with Crippen LogP contribution < -0.4 is 0 Å². The van der Waals surface area contributed by atoms with E-state index in [2.05, 4.69) is 70.3 Å². The van der Waals surface area contributed by atoms with E-state index in [-0.39, 0.29) is 5.04 Å². The summed E-state index contributed by atoms with van der Waals surface area (Å²) in [6.45, 7) is 11.6. The lowest BCUT2D eigenvalue weighted by Gasteiger charge is -2.40. The first-order valence-electron chi connectivity index (χ1n) is 7.75. The Hall–Kier alpha value is -1.02. The van der Waals surface area contributed by atoms with Crippen LogP contribution in [0, 0.1) is 0 Å². The maximum absolute atomic E-state index is 6.61. The number of benzene rings is 1. The zero-order valence-corrected chi connectivity index (χ0v) is 14.6. The summed E-state index contributed by atoms with van der Waals surface area (Å²) in [4.78, 5) is 0. The van der Waals surface area contributed by atoms with Gasteiger partial charge < -0.3 is 4.43 Å². The van der Waals surface area contributed by atoms with Crippen LogP contribution in [0.1, 0.15) is 51.5 Å². The molecule has 1 aliphatic carbocycles. The molecule has 0 N–H and O–H groups in total. The topological polar surface area (TPSA) is 9.23 Å². The molecule has 0 spiro atoms. The largest absolute Gasteiger partial charge is 0.546 e. The quantitative estimate of drug-likeness (QED) is 0.633. The van der Waals surface area contributed by atoms with Gasteiger partial charge in [0.1, 0.15) is 0 Å². The summed E-state index contributed by atoms with van der Waals surface area (Å²) < 4.78 is 6.61. The van der Waals surface area contributed by atoms with Crippen LogP contribution in [0.3, 0.4) is 0 Å². The van der Waals surface area contributed by atoms with Gasteiger partial charge >= 0.3 is 0 Å². The molecule has 0 aliphatic heterocycles. The molecule has 1 aromatic carbocycles. The SMILES string of the molecule is CC(C)(C)[Si](C)(C)OC1=CCCC[C@H]1c1ccccc1. The van der Waals surface area contributed by atoms with E-state index in [1.807, 2.05) is 0 Å². The van der Waals surface area contributed by atoms with Crippen molar-refractivity contribution >= 4 is 8.32 Å². The predicted molar refractivity (Wildman–Crippen MR) is 89.4 cm³/mol. The van der Waals surface area contributed by atoms with E-state index >= 15 is 0 Å². The van der Waals surface area contributed by atoms with Gasteiger partial charge in [0.25, 0.3) is 0 Å². The van der Waals surface area contributed by atoms with E-state index in [1.54, 1.807) is 0 Å². The highest BCUT2D eigenvalue weighted by atomic mass is 28.4. The zero-order chi connectivity index (χ0) is 14.8. The molecule has 0 radical (unpaired) electrons. The van der Waals surface area contributed by atoms with Gasteiger partial charge in [0.2, 0.25) is 8.32 Å². The molecule has 20 heavy (non-hydrogen) atoms. The van der Waals surface area contributed by atoms with Gasteiger partial charge in [-0.05, 0) is 49.0 Å². The summed E-state index contributed by atoms with van der Waals surface area (Å²) in [5.74, 6) is 1.69. The fraction of sp³-hybridized carbons (Fsp3) is 0.556. The molecule has 0 amide bonds. The molecule has 0 bridgehead atoms. The van der Waals surface area contributed by atoms with Gasteiger partial charge in [-0.2, -0.15) is 0 Å². The van der Waals surface area contributed by atoms with Gasteiger partial charge in [0.05, 0.1) is 5.76 Å². The molecule has 2 heteroatoms. The van der Waals surface area contributed by atoms with Crippen molar-refractivity contribution in [2.75, 3.05) is 0 Å². The van der Waals surface area contributed by atoms with Crippen molar-refractivity contribution in [3.8, 4) is 0 Å². The van der Waals surface area contributed by atoms with Crippen molar-refractivity contribution in [2.45, 2.75) is 64.1 Å². The first-order valence-corrected chi connectivity index (χ1v) is 10.7. The molecule has 0 unspecified atom stereocenters. The van der Waals surface area contributed by atoms with Crippen LogP contribution in [0.2, 0.25) is 18.1 Å². The summed E-state index contributed by atoms with van der Waals surface area (Å²) in [7, 11) is -1.74. The normalized spacial score (nSPS) is 20.4. The summed E-state index contributed by atoms with van der Waals surface area (Å²) in [5.41, 5.74) is 1.40. The third-order valence-corrected chi connectivity index (χ3v) is 9.13. The van der Waals surface area contributed by atoms with E-state index in [0.29, 0.717) is 5.92 Å². The fourth-order valence-corrected chi connectivity index (χ4v) is 3.55. The molecule has 0 saturated heterocycles. The van der Waals surface area contributed by atoms with Gasteiger partial charge in [0.15, 0.2) is 0 Å². The van der Waals surface area contributed by atoms with Crippen molar-refractivity contribution in [3.05, 3.63) is 47.7 Å². The van der Waals surface area contributed by atoms with Crippen molar-refractivity contribution in [3.63, 3.8) is 0 Å². The molecule has 1 aromatic rings. The lowest BCUT2D eigenvalue weighted by molar-refractivity contribution is 0.330. The van der Waals surface area contributed by atoms with Crippen molar-refractivity contribution < 1.29 is 4.43 Å². The summed E-state index contributed by atoms with van der Waals surface area (Å²) in [6, 6.07) is 10.8. The Kier molecular flexibility index (Phi) is 4.43. The lowest BCUT2D eigenvalue weighted by Crippen LogP contribution is -2.41. The fourth-order valence-electron chi connectivity index (χ4n) is 2.43. The van der Waals surface area contributed by atoms with Gasteiger partial charge in [-0.3, -0.25) is 0 Å². The van der Waals surface area contributed by atoms with Gasteiger partial charge in [-0.1, -0.05) is 51.1 Å². The molecule has 1 nitrogen and oxygen atoms in total. The molecule has 0 saturated carbocycles. The molecular weight excluding hydrogens is 260 g/mol. The first kappa shape index (κ1) is 15.4. The Morgan fingerprint density at radius 3 is 2.35 bits per heavy atom. The number of hydrogen-bond donors (Lipinski definition) is 0. The van der Waals surface area contributed by atoms with E-state index in [1.165, 1.54) is 24.2 Å². The molecule has 0 aromatic heterocycles. The van der Waals surface area contributed by atoms with Gasteiger partial charge in [0, 0.05) is 5.92 Å². The Balaban J connectivity index is 2.23. The van der Waals surface area contributed by atoms with E-state index < -0.39 is 8.32 Å². The highest BCUT2D eigenvalue weighted by Gasteiger charge is 2.40. The number of rotatable bonds is 3. The smallest absolute Gasteiger partial charge is 0.250 e. The second-order valence-corrected chi connectivity index (χ2v) is 12.1. The maximum atomic E-state index is 6.61. The van der Waals surface area contributed by atoms with Crippen LogP contribution in [0.5, 0.6) is 0 Å². The van der Waals surface area contributed by atoms with E-state index in [0.717, 1.165) is 6.42 Å². The second kappa shape index (κ2) is 5.77. The van der Waals surface area contributed by atoms with Crippen LogP contribution in [0.25, 0.3) is 0 Å². The minimum Gasteiger partial charge on any atom is -0.546 e. The Bertz CT molecular complexity index is 468. The zero-order valence-electron chi connectivity index (χ0n) is 13.6. The molecule has 1 aliphatic rings. The average molecular weight is 289 g/mol. The molecule has 1 atom stereocenters. The molecule has 110 valence electrons. The maximum Gasteiger partial charge on any atom is 0.250 e. The first-order chi connectivity index (χ1) is 9.31. The highest BCUT2D eigenvalue weighted by Crippen LogP contribution is 2.42. The third-order valence-electron chi connectivity index (χ3n) is 4.77. The van der Waals surface area contributed by atoms with Gasteiger partial charge in [-0.25, -0.2) is 0 Å². The van der Waals surface area contributed by atoms with Crippen LogP contribution in [-0.4, -0.2) is 8.32 Å². The Labute approximate surface area is 125 Å². The summed E-state index contributed by atoms with van der Waals surface area (Å²) in [5, 5.41) is 0.256. The second-order valence-electron chi connectivity index (χ2n) is 7.36. The standard InChI is InChI=1S/C18H28OSi/c1-18(2,3)20(4,5)19-17-14-10-9-13-16(17)15-11-7-6-8-12-15/h6-8,11-12,14,16H,9-10,13H2,1-5H3/t16-/m0/s1. The van der Waals surface area contributed by atoms with Crippen molar-refractivity contribution in [1.82, 2.24) is 0 Å². The minimum absolute atomic E-state index is 0.256. The summed E-state index contributed by atoms with van der Waals surface area (Å²) in [6.07, 6.45) is 5.98. The number of hydrogen-bond acceptors (Lipinski definition) is 1. The lowest BCUT2D eigenvalue weighted by atomic mass is 9.88. The highest BCUT2D eigenvalue weighted by molar-refractivity contribution is 6.74.